The Morgan fingerprint density at radius 1 is 1.20 bits per heavy atom. The number of amides is 1. The number of rotatable bonds is 4. The number of anilines is 2. The quantitative estimate of drug-likeness (QED) is 0.653. The summed E-state index contributed by atoms with van der Waals surface area (Å²) in [4.78, 5) is 35.9. The Morgan fingerprint density at radius 3 is 2.77 bits per heavy atom. The Balaban J connectivity index is 1.57. The molecule has 1 saturated heterocycles. The van der Waals surface area contributed by atoms with Crippen molar-refractivity contribution in [2.45, 2.75) is 40.5 Å². The van der Waals surface area contributed by atoms with Crippen molar-refractivity contribution in [3.05, 3.63) is 47.0 Å². The molecule has 1 aromatic carbocycles. The first-order valence-electron chi connectivity index (χ1n) is 10.2. The van der Waals surface area contributed by atoms with Crippen LogP contribution in [0.4, 0.5) is 11.5 Å². The lowest BCUT2D eigenvalue weighted by Gasteiger charge is -2.33. The van der Waals surface area contributed by atoms with Gasteiger partial charge in [0.05, 0.1) is 11.3 Å². The fraction of sp³-hybridized carbons (Fsp3) is 0.391. The summed E-state index contributed by atoms with van der Waals surface area (Å²) in [6, 6.07) is 7.05. The number of benzene rings is 1. The van der Waals surface area contributed by atoms with Crippen molar-refractivity contribution in [2.75, 3.05) is 23.3 Å². The van der Waals surface area contributed by atoms with Gasteiger partial charge in [-0.3, -0.25) is 9.59 Å². The molecule has 3 aromatic rings. The highest BCUT2D eigenvalue weighted by atomic mass is 16.3. The summed E-state index contributed by atoms with van der Waals surface area (Å²) in [5.41, 5.74) is 2.86. The van der Waals surface area contributed by atoms with Crippen LogP contribution in [0.1, 0.15) is 47.3 Å². The molecule has 1 aliphatic heterocycles. The maximum atomic E-state index is 13.0. The maximum absolute atomic E-state index is 13.0. The van der Waals surface area contributed by atoms with E-state index in [9.17, 15) is 9.59 Å². The Hall–Kier alpha value is -3.22. The van der Waals surface area contributed by atoms with Crippen molar-refractivity contribution in [1.29, 1.82) is 0 Å². The number of fused-ring (bicyclic) bond motifs is 1. The summed E-state index contributed by atoms with van der Waals surface area (Å²) in [7, 11) is 0. The second kappa shape index (κ2) is 7.89. The van der Waals surface area contributed by atoms with E-state index in [1.54, 1.807) is 24.3 Å². The van der Waals surface area contributed by atoms with Gasteiger partial charge in [0, 0.05) is 29.9 Å². The van der Waals surface area contributed by atoms with E-state index in [0.717, 1.165) is 41.9 Å². The molecule has 0 spiro atoms. The van der Waals surface area contributed by atoms with Gasteiger partial charge in [0.2, 0.25) is 11.6 Å². The van der Waals surface area contributed by atoms with Crippen LogP contribution < -0.4 is 10.2 Å². The van der Waals surface area contributed by atoms with Crippen molar-refractivity contribution < 1.29 is 14.0 Å². The summed E-state index contributed by atoms with van der Waals surface area (Å²) >= 11 is 0. The molecule has 7 heteroatoms. The molecule has 7 nitrogen and oxygen atoms in total. The third-order valence-electron chi connectivity index (χ3n) is 5.75. The van der Waals surface area contributed by atoms with Gasteiger partial charge < -0.3 is 14.6 Å². The molecule has 0 saturated carbocycles. The number of piperidine rings is 1. The summed E-state index contributed by atoms with van der Waals surface area (Å²) in [5, 5.41) is 3.90. The lowest BCUT2D eigenvalue weighted by molar-refractivity contribution is -0.120. The van der Waals surface area contributed by atoms with Crippen LogP contribution in [0, 0.1) is 26.7 Å². The van der Waals surface area contributed by atoms with Gasteiger partial charge in [-0.1, -0.05) is 12.1 Å². The number of Topliss-reactive ketones (excluding diaryl/α,β-unsaturated/α-hetero) is 1. The van der Waals surface area contributed by atoms with Gasteiger partial charge in [-0.05, 0) is 52.7 Å². The number of nitrogens with zero attached hydrogens (tertiary/aromatic N) is 3. The minimum Gasteiger partial charge on any atom is -0.443 e. The number of hydrogen-bond acceptors (Lipinski definition) is 6. The molecule has 3 heterocycles. The SMILES string of the molecule is CC(=O)c1cccc(NC(=O)[C@@H]2CCCN(c3nc(C)nc4oc(C)c(C)c34)C2)c1. The molecule has 2 aromatic heterocycles. The Morgan fingerprint density at radius 2 is 2.00 bits per heavy atom. The second-order valence-corrected chi connectivity index (χ2v) is 7.97. The van der Waals surface area contributed by atoms with E-state index in [2.05, 4.69) is 15.2 Å². The number of hydrogen-bond donors (Lipinski definition) is 1. The van der Waals surface area contributed by atoms with Gasteiger partial charge in [-0.2, -0.15) is 4.98 Å². The Kier molecular flexibility index (Phi) is 5.28. The molecule has 0 radical (unpaired) electrons. The van der Waals surface area contributed by atoms with Crippen LogP contribution in [0.15, 0.2) is 28.7 Å². The zero-order valence-electron chi connectivity index (χ0n) is 17.8. The van der Waals surface area contributed by atoms with Crippen LogP contribution in [0.25, 0.3) is 11.1 Å². The van der Waals surface area contributed by atoms with Crippen molar-refractivity contribution in [3.63, 3.8) is 0 Å². The summed E-state index contributed by atoms with van der Waals surface area (Å²) < 4.78 is 5.81. The van der Waals surface area contributed by atoms with E-state index >= 15 is 0 Å². The zero-order valence-corrected chi connectivity index (χ0v) is 17.8. The lowest BCUT2D eigenvalue weighted by Crippen LogP contribution is -2.41. The van der Waals surface area contributed by atoms with Crippen molar-refractivity contribution in [2.24, 2.45) is 5.92 Å². The fourth-order valence-corrected chi connectivity index (χ4v) is 4.00. The van der Waals surface area contributed by atoms with E-state index in [1.807, 2.05) is 20.8 Å². The minimum absolute atomic E-state index is 0.0242. The zero-order chi connectivity index (χ0) is 21.4. The maximum Gasteiger partial charge on any atom is 0.231 e. The summed E-state index contributed by atoms with van der Waals surface area (Å²) in [5.74, 6) is 2.09. The van der Waals surface area contributed by atoms with Gasteiger partial charge in [-0.15, -0.1) is 0 Å². The van der Waals surface area contributed by atoms with Gasteiger partial charge in [0.15, 0.2) is 5.78 Å². The van der Waals surface area contributed by atoms with Gasteiger partial charge in [-0.25, -0.2) is 4.98 Å². The van der Waals surface area contributed by atoms with Crippen molar-refractivity contribution >= 4 is 34.3 Å². The summed E-state index contributed by atoms with van der Waals surface area (Å²) in [6.45, 7) is 8.72. The van der Waals surface area contributed by atoms with E-state index in [0.29, 0.717) is 29.3 Å². The van der Waals surface area contributed by atoms with E-state index in [4.69, 9.17) is 9.40 Å². The molecule has 1 aliphatic rings. The molecule has 30 heavy (non-hydrogen) atoms. The van der Waals surface area contributed by atoms with Crippen LogP contribution in [-0.2, 0) is 4.79 Å². The van der Waals surface area contributed by atoms with E-state index in [-0.39, 0.29) is 17.6 Å². The van der Waals surface area contributed by atoms with Gasteiger partial charge >= 0.3 is 0 Å². The number of carbonyl (C=O) groups excluding carboxylic acids is 2. The third kappa shape index (κ3) is 3.79. The van der Waals surface area contributed by atoms with Crippen molar-refractivity contribution in [1.82, 2.24) is 9.97 Å². The van der Waals surface area contributed by atoms with Gasteiger partial charge in [0.1, 0.15) is 17.4 Å². The first-order chi connectivity index (χ1) is 14.3. The van der Waals surface area contributed by atoms with E-state index < -0.39 is 0 Å². The number of furan rings is 1. The van der Waals surface area contributed by atoms with E-state index in [1.165, 1.54) is 6.92 Å². The molecule has 1 atom stereocenters. The largest absolute Gasteiger partial charge is 0.443 e. The predicted octanol–water partition coefficient (Wildman–Crippen LogP) is 4.21. The van der Waals surface area contributed by atoms with Crippen molar-refractivity contribution in [3.8, 4) is 0 Å². The Bertz CT molecular complexity index is 1130. The lowest BCUT2D eigenvalue weighted by atomic mass is 9.96. The topological polar surface area (TPSA) is 88.3 Å². The number of carbonyl (C=O) groups is 2. The van der Waals surface area contributed by atoms with Crippen LogP contribution in [0.2, 0.25) is 0 Å². The number of aryl methyl sites for hydroxylation is 3. The summed E-state index contributed by atoms with van der Waals surface area (Å²) in [6.07, 6.45) is 1.71. The smallest absolute Gasteiger partial charge is 0.231 e. The average molecular weight is 406 g/mol. The normalized spacial score (nSPS) is 16.7. The fourth-order valence-electron chi connectivity index (χ4n) is 4.00. The first-order valence-corrected chi connectivity index (χ1v) is 10.2. The van der Waals surface area contributed by atoms with Crippen LogP contribution >= 0.6 is 0 Å². The van der Waals surface area contributed by atoms with Crippen LogP contribution in [0.5, 0.6) is 0 Å². The first kappa shape index (κ1) is 20.1. The molecule has 0 aliphatic carbocycles. The third-order valence-corrected chi connectivity index (χ3v) is 5.75. The molecule has 156 valence electrons. The second-order valence-electron chi connectivity index (χ2n) is 7.97. The highest BCUT2D eigenvalue weighted by Gasteiger charge is 2.29. The minimum atomic E-state index is -0.168. The molecular formula is C23H26N4O3. The molecular weight excluding hydrogens is 380 g/mol. The Labute approximate surface area is 175 Å². The molecule has 1 N–H and O–H groups in total. The molecule has 0 unspecified atom stereocenters. The number of aromatic nitrogens is 2. The van der Waals surface area contributed by atoms with Crippen LogP contribution in [-0.4, -0.2) is 34.7 Å². The van der Waals surface area contributed by atoms with Gasteiger partial charge in [0.25, 0.3) is 0 Å². The monoisotopic (exact) mass is 406 g/mol. The molecule has 0 bridgehead atoms. The molecule has 4 rings (SSSR count). The predicted molar refractivity (Wildman–Crippen MR) is 116 cm³/mol. The van der Waals surface area contributed by atoms with Crippen LogP contribution in [0.3, 0.4) is 0 Å². The highest BCUT2D eigenvalue weighted by molar-refractivity contribution is 5.98. The standard InChI is InChI=1S/C23H26N4O3/c1-13-15(3)30-23-20(13)21(24-16(4)25-23)27-10-6-8-18(12-27)22(29)26-19-9-5-7-17(11-19)14(2)28/h5,7,9,11,18H,6,8,10,12H2,1-4H3,(H,26,29)/t18-/m1/s1. The highest BCUT2D eigenvalue weighted by Crippen LogP contribution is 2.33. The average Bonchev–Trinajstić information content (AvgIpc) is 3.01. The molecule has 1 fully saturated rings. The number of ketones is 1. The number of nitrogens with one attached hydrogen (secondary N) is 1. The molecule has 1 amide bonds.